The van der Waals surface area contributed by atoms with Crippen LogP contribution in [0.1, 0.15) is 43.8 Å². The maximum Gasteiger partial charge on any atom is 0.127 e. The summed E-state index contributed by atoms with van der Waals surface area (Å²) in [5.41, 5.74) is 1.69. The number of halogens is 2. The van der Waals surface area contributed by atoms with Crippen LogP contribution >= 0.6 is 11.6 Å². The first-order chi connectivity index (χ1) is 9.15. The van der Waals surface area contributed by atoms with Gasteiger partial charge in [-0.2, -0.15) is 0 Å². The van der Waals surface area contributed by atoms with Gasteiger partial charge in [-0.3, -0.25) is 0 Å². The van der Waals surface area contributed by atoms with Crippen molar-refractivity contribution in [3.63, 3.8) is 0 Å². The highest BCUT2D eigenvalue weighted by atomic mass is 35.5. The minimum absolute atomic E-state index is 0.156. The minimum atomic E-state index is -0.245. The molecule has 0 radical (unpaired) electrons. The van der Waals surface area contributed by atoms with Crippen molar-refractivity contribution < 1.29 is 4.39 Å². The molecule has 0 spiro atoms. The molecule has 0 bridgehead atoms. The third-order valence-corrected chi connectivity index (χ3v) is 4.28. The number of hydrogen-bond acceptors (Lipinski definition) is 1. The number of aromatic nitrogens is 2. The van der Waals surface area contributed by atoms with Gasteiger partial charge in [0.1, 0.15) is 11.6 Å². The van der Waals surface area contributed by atoms with Crippen LogP contribution in [-0.4, -0.2) is 9.55 Å². The highest BCUT2D eigenvalue weighted by Gasteiger charge is 2.20. The summed E-state index contributed by atoms with van der Waals surface area (Å²) in [5.74, 6) is 1.45. The van der Waals surface area contributed by atoms with Crippen molar-refractivity contribution >= 4 is 22.6 Å². The lowest BCUT2D eigenvalue weighted by Gasteiger charge is -2.25. The fourth-order valence-electron chi connectivity index (χ4n) is 2.75. The lowest BCUT2D eigenvalue weighted by molar-refractivity contribution is 0.282. The number of aryl methyl sites for hydroxylation is 1. The third kappa shape index (κ3) is 2.48. The molecule has 1 aromatic heterocycles. The second kappa shape index (κ2) is 5.12. The first-order valence-electron chi connectivity index (χ1n) is 6.95. The van der Waals surface area contributed by atoms with E-state index in [2.05, 4.69) is 9.55 Å². The van der Waals surface area contributed by atoms with Gasteiger partial charge in [0.2, 0.25) is 0 Å². The standard InChI is InChI=1S/C15H18ClFN2/c1-10(16)15-18-13-9-12(17)5-6-14(13)19(15)8-7-11-3-2-4-11/h5-6,9-11H,2-4,7-8H2,1H3. The zero-order valence-corrected chi connectivity index (χ0v) is 11.8. The number of fused-ring (bicyclic) bond motifs is 1. The quantitative estimate of drug-likeness (QED) is 0.745. The van der Waals surface area contributed by atoms with Crippen molar-refractivity contribution in [2.75, 3.05) is 0 Å². The Morgan fingerprint density at radius 3 is 2.89 bits per heavy atom. The van der Waals surface area contributed by atoms with Crippen molar-refractivity contribution in [3.05, 3.63) is 29.8 Å². The zero-order chi connectivity index (χ0) is 13.4. The van der Waals surface area contributed by atoms with Crippen LogP contribution in [0.25, 0.3) is 11.0 Å². The van der Waals surface area contributed by atoms with E-state index in [1.807, 2.05) is 6.92 Å². The van der Waals surface area contributed by atoms with Gasteiger partial charge in [-0.1, -0.05) is 19.3 Å². The summed E-state index contributed by atoms with van der Waals surface area (Å²) in [6, 6.07) is 4.78. The second-order valence-corrected chi connectivity index (χ2v) is 6.11. The van der Waals surface area contributed by atoms with Crippen molar-refractivity contribution in [2.45, 2.75) is 44.5 Å². The molecule has 2 aromatic rings. The zero-order valence-electron chi connectivity index (χ0n) is 11.1. The molecular formula is C15H18ClFN2. The Bertz CT molecular complexity index is 587. The third-order valence-electron chi connectivity index (χ3n) is 4.08. The first-order valence-corrected chi connectivity index (χ1v) is 7.38. The summed E-state index contributed by atoms with van der Waals surface area (Å²) in [5, 5.41) is -0.156. The summed E-state index contributed by atoms with van der Waals surface area (Å²) in [4.78, 5) is 4.49. The molecular weight excluding hydrogens is 263 g/mol. The van der Waals surface area contributed by atoms with E-state index in [1.54, 1.807) is 6.07 Å². The fraction of sp³-hybridized carbons (Fsp3) is 0.533. The average Bonchev–Trinajstić information content (AvgIpc) is 2.65. The van der Waals surface area contributed by atoms with Crippen LogP contribution < -0.4 is 0 Å². The van der Waals surface area contributed by atoms with E-state index in [1.165, 1.54) is 37.8 Å². The number of alkyl halides is 1. The van der Waals surface area contributed by atoms with Gasteiger partial charge in [0.15, 0.2) is 0 Å². The summed E-state index contributed by atoms with van der Waals surface area (Å²) in [6.45, 7) is 2.85. The van der Waals surface area contributed by atoms with E-state index in [4.69, 9.17) is 11.6 Å². The highest BCUT2D eigenvalue weighted by Crippen LogP contribution is 2.32. The summed E-state index contributed by atoms with van der Waals surface area (Å²) in [6.07, 6.45) is 5.21. The lowest BCUT2D eigenvalue weighted by Crippen LogP contribution is -2.15. The summed E-state index contributed by atoms with van der Waals surface area (Å²) >= 11 is 6.21. The van der Waals surface area contributed by atoms with Crippen molar-refractivity contribution in [3.8, 4) is 0 Å². The molecule has 1 aromatic carbocycles. The minimum Gasteiger partial charge on any atom is -0.327 e. The molecule has 1 heterocycles. The molecule has 1 unspecified atom stereocenters. The Morgan fingerprint density at radius 2 is 2.26 bits per heavy atom. The molecule has 1 atom stereocenters. The van der Waals surface area contributed by atoms with Crippen molar-refractivity contribution in [1.82, 2.24) is 9.55 Å². The van der Waals surface area contributed by atoms with E-state index in [9.17, 15) is 4.39 Å². The SMILES string of the molecule is CC(Cl)c1nc2cc(F)ccc2n1CCC1CCC1. The summed E-state index contributed by atoms with van der Waals surface area (Å²) < 4.78 is 15.4. The van der Waals surface area contributed by atoms with Crippen molar-refractivity contribution in [1.29, 1.82) is 0 Å². The molecule has 4 heteroatoms. The fourth-order valence-corrected chi connectivity index (χ4v) is 2.92. The van der Waals surface area contributed by atoms with Gasteiger partial charge >= 0.3 is 0 Å². The van der Waals surface area contributed by atoms with Crippen LogP contribution in [0, 0.1) is 11.7 Å². The summed E-state index contributed by atoms with van der Waals surface area (Å²) in [7, 11) is 0. The Balaban J connectivity index is 1.95. The van der Waals surface area contributed by atoms with Crippen LogP contribution in [0.5, 0.6) is 0 Å². The molecule has 19 heavy (non-hydrogen) atoms. The van der Waals surface area contributed by atoms with Gasteiger partial charge in [0.25, 0.3) is 0 Å². The predicted octanol–water partition coefficient (Wildman–Crippen LogP) is 4.67. The molecule has 1 aliphatic rings. The van der Waals surface area contributed by atoms with E-state index in [0.29, 0.717) is 5.52 Å². The predicted molar refractivity (Wildman–Crippen MR) is 75.9 cm³/mol. The van der Waals surface area contributed by atoms with Gasteiger partial charge in [-0.25, -0.2) is 9.37 Å². The van der Waals surface area contributed by atoms with Crippen LogP contribution in [0.2, 0.25) is 0 Å². The normalized spacial score (nSPS) is 17.6. The van der Waals surface area contributed by atoms with Gasteiger partial charge in [-0.05, 0) is 31.4 Å². The Kier molecular flexibility index (Phi) is 3.48. The molecule has 3 rings (SSSR count). The maximum atomic E-state index is 13.3. The molecule has 0 amide bonds. The average molecular weight is 281 g/mol. The highest BCUT2D eigenvalue weighted by molar-refractivity contribution is 6.20. The molecule has 1 saturated carbocycles. The number of nitrogens with zero attached hydrogens (tertiary/aromatic N) is 2. The number of rotatable bonds is 4. The Labute approximate surface area is 117 Å². The Morgan fingerprint density at radius 1 is 1.47 bits per heavy atom. The maximum absolute atomic E-state index is 13.3. The molecule has 0 N–H and O–H groups in total. The monoisotopic (exact) mass is 280 g/mol. The number of benzene rings is 1. The van der Waals surface area contributed by atoms with Gasteiger partial charge in [0.05, 0.1) is 16.4 Å². The van der Waals surface area contributed by atoms with Crippen molar-refractivity contribution in [2.24, 2.45) is 5.92 Å². The molecule has 0 saturated heterocycles. The van der Waals surface area contributed by atoms with E-state index in [0.717, 1.165) is 23.8 Å². The Hall–Kier alpha value is -1.09. The smallest absolute Gasteiger partial charge is 0.127 e. The van der Waals surface area contributed by atoms with Gasteiger partial charge in [0, 0.05) is 12.6 Å². The molecule has 102 valence electrons. The number of imidazole rings is 1. The van der Waals surface area contributed by atoms with Crippen LogP contribution in [0.15, 0.2) is 18.2 Å². The van der Waals surface area contributed by atoms with Crippen LogP contribution in [0.3, 0.4) is 0 Å². The first kappa shape index (κ1) is 12.9. The lowest BCUT2D eigenvalue weighted by atomic mass is 9.83. The van der Waals surface area contributed by atoms with Gasteiger partial charge in [-0.15, -0.1) is 11.6 Å². The molecule has 1 aliphatic carbocycles. The van der Waals surface area contributed by atoms with E-state index in [-0.39, 0.29) is 11.2 Å². The topological polar surface area (TPSA) is 17.8 Å². The van der Waals surface area contributed by atoms with E-state index >= 15 is 0 Å². The molecule has 1 fully saturated rings. The van der Waals surface area contributed by atoms with E-state index < -0.39 is 0 Å². The molecule has 0 aliphatic heterocycles. The molecule has 2 nitrogen and oxygen atoms in total. The second-order valence-electron chi connectivity index (χ2n) is 5.46. The van der Waals surface area contributed by atoms with Crippen LogP contribution in [-0.2, 0) is 6.54 Å². The largest absolute Gasteiger partial charge is 0.327 e. The number of hydrogen-bond donors (Lipinski definition) is 0. The van der Waals surface area contributed by atoms with Gasteiger partial charge < -0.3 is 4.57 Å². The van der Waals surface area contributed by atoms with Crippen LogP contribution in [0.4, 0.5) is 4.39 Å².